The third-order valence-corrected chi connectivity index (χ3v) is 3.03. The molecule has 0 aromatic rings. The summed E-state index contributed by atoms with van der Waals surface area (Å²) in [4.78, 5) is 2.45. The highest BCUT2D eigenvalue weighted by molar-refractivity contribution is 4.93. The zero-order valence-corrected chi connectivity index (χ0v) is 7.88. The fraction of sp³-hybridized carbons (Fsp3) is 1.00. The molecule has 0 aromatic carbocycles. The molecule has 3 unspecified atom stereocenters. The summed E-state index contributed by atoms with van der Waals surface area (Å²) < 4.78 is 0. The fourth-order valence-electron chi connectivity index (χ4n) is 2.26. The van der Waals surface area contributed by atoms with Gasteiger partial charge in [0.2, 0.25) is 0 Å². The van der Waals surface area contributed by atoms with E-state index in [1.165, 1.54) is 19.3 Å². The number of hydrogen-bond donors (Lipinski definition) is 1. The first kappa shape index (κ1) is 9.01. The minimum absolute atomic E-state index is 0.412. The van der Waals surface area contributed by atoms with Crippen LogP contribution < -0.4 is 5.73 Å². The smallest absolute Gasteiger partial charge is 0.0245 e. The van der Waals surface area contributed by atoms with Crippen LogP contribution in [-0.2, 0) is 0 Å². The molecule has 2 N–H and O–H groups in total. The highest BCUT2D eigenvalue weighted by Crippen LogP contribution is 2.25. The van der Waals surface area contributed by atoms with Crippen molar-refractivity contribution in [3.8, 4) is 0 Å². The van der Waals surface area contributed by atoms with Crippen LogP contribution in [0.15, 0.2) is 0 Å². The third-order valence-electron chi connectivity index (χ3n) is 3.03. The summed E-state index contributed by atoms with van der Waals surface area (Å²) in [6.45, 7) is 4.46. The maximum Gasteiger partial charge on any atom is 0.0245 e. The lowest BCUT2D eigenvalue weighted by Gasteiger charge is -2.24. The normalized spacial score (nSPS) is 39.8. The van der Waals surface area contributed by atoms with Gasteiger partial charge in [-0.1, -0.05) is 13.8 Å². The molecule has 0 amide bonds. The molecule has 3 atom stereocenters. The first-order chi connectivity index (χ1) is 5.20. The van der Waals surface area contributed by atoms with E-state index in [1.54, 1.807) is 0 Å². The SMILES string of the molecule is CCC1CC(N)C(CC)N1C. The molecule has 66 valence electrons. The summed E-state index contributed by atoms with van der Waals surface area (Å²) in [7, 11) is 2.20. The summed E-state index contributed by atoms with van der Waals surface area (Å²) in [6.07, 6.45) is 3.61. The second-order valence-electron chi connectivity index (χ2n) is 3.60. The molecule has 11 heavy (non-hydrogen) atoms. The van der Waals surface area contributed by atoms with Gasteiger partial charge in [-0.15, -0.1) is 0 Å². The van der Waals surface area contributed by atoms with Crippen LogP contribution in [0.2, 0.25) is 0 Å². The number of rotatable bonds is 2. The Hall–Kier alpha value is -0.0800. The Morgan fingerprint density at radius 1 is 1.36 bits per heavy atom. The monoisotopic (exact) mass is 156 g/mol. The molecule has 1 rings (SSSR count). The summed E-state index contributed by atoms with van der Waals surface area (Å²) in [5, 5.41) is 0. The molecular formula is C9H20N2. The first-order valence-electron chi connectivity index (χ1n) is 4.68. The Bertz CT molecular complexity index is 125. The van der Waals surface area contributed by atoms with Gasteiger partial charge in [0.25, 0.3) is 0 Å². The second-order valence-corrected chi connectivity index (χ2v) is 3.60. The lowest BCUT2D eigenvalue weighted by atomic mass is 10.1. The van der Waals surface area contributed by atoms with Gasteiger partial charge in [-0.2, -0.15) is 0 Å². The maximum absolute atomic E-state index is 6.00. The predicted octanol–water partition coefficient (Wildman–Crippen LogP) is 1.21. The van der Waals surface area contributed by atoms with Crippen molar-refractivity contribution in [1.82, 2.24) is 4.90 Å². The molecule has 0 aromatic heterocycles. The van der Waals surface area contributed by atoms with Crippen LogP contribution in [0.5, 0.6) is 0 Å². The van der Waals surface area contributed by atoms with Gasteiger partial charge < -0.3 is 5.73 Å². The quantitative estimate of drug-likeness (QED) is 0.651. The minimum atomic E-state index is 0.412. The molecule has 1 saturated heterocycles. The standard InChI is InChI=1S/C9H20N2/c1-4-7-6-8(10)9(5-2)11(7)3/h7-9H,4-6,10H2,1-3H3. The molecular weight excluding hydrogens is 136 g/mol. The van der Waals surface area contributed by atoms with E-state index < -0.39 is 0 Å². The first-order valence-corrected chi connectivity index (χ1v) is 4.68. The van der Waals surface area contributed by atoms with E-state index in [2.05, 4.69) is 25.8 Å². The molecule has 0 aliphatic carbocycles. The number of hydrogen-bond acceptors (Lipinski definition) is 2. The van der Waals surface area contributed by atoms with Gasteiger partial charge in [-0.3, -0.25) is 4.90 Å². The lowest BCUT2D eigenvalue weighted by molar-refractivity contribution is 0.226. The Balaban J connectivity index is 2.55. The van der Waals surface area contributed by atoms with Crippen LogP contribution in [0.4, 0.5) is 0 Å². The van der Waals surface area contributed by atoms with Crippen LogP contribution >= 0.6 is 0 Å². The third kappa shape index (κ3) is 1.57. The van der Waals surface area contributed by atoms with Crippen molar-refractivity contribution in [3.63, 3.8) is 0 Å². The Labute approximate surface area is 69.8 Å². The molecule has 1 heterocycles. The lowest BCUT2D eigenvalue weighted by Crippen LogP contribution is -2.38. The van der Waals surface area contributed by atoms with E-state index in [0.29, 0.717) is 12.1 Å². The summed E-state index contributed by atoms with van der Waals surface area (Å²) >= 11 is 0. The number of nitrogens with two attached hydrogens (primary N) is 1. The number of likely N-dealkylation sites (tertiary alicyclic amines) is 1. The van der Waals surface area contributed by atoms with E-state index in [4.69, 9.17) is 5.73 Å². The van der Waals surface area contributed by atoms with Gasteiger partial charge >= 0.3 is 0 Å². The highest BCUT2D eigenvalue weighted by Gasteiger charge is 2.33. The van der Waals surface area contributed by atoms with E-state index in [1.807, 2.05) is 0 Å². The van der Waals surface area contributed by atoms with Crippen molar-refractivity contribution < 1.29 is 0 Å². The molecule has 2 heteroatoms. The fourth-order valence-corrected chi connectivity index (χ4v) is 2.26. The second kappa shape index (κ2) is 3.55. The molecule has 2 nitrogen and oxygen atoms in total. The Morgan fingerprint density at radius 2 is 2.00 bits per heavy atom. The van der Waals surface area contributed by atoms with Crippen molar-refractivity contribution >= 4 is 0 Å². The van der Waals surface area contributed by atoms with Gasteiger partial charge in [-0.05, 0) is 26.3 Å². The highest BCUT2D eigenvalue weighted by atomic mass is 15.2. The minimum Gasteiger partial charge on any atom is -0.326 e. The van der Waals surface area contributed by atoms with Crippen LogP contribution in [0.3, 0.4) is 0 Å². The summed E-state index contributed by atoms with van der Waals surface area (Å²) in [5.74, 6) is 0. The Kier molecular flexibility index (Phi) is 2.90. The summed E-state index contributed by atoms with van der Waals surface area (Å²) in [6, 6.07) is 1.77. The Morgan fingerprint density at radius 3 is 2.27 bits per heavy atom. The van der Waals surface area contributed by atoms with Crippen LogP contribution in [0.1, 0.15) is 33.1 Å². The molecule has 0 bridgehead atoms. The molecule has 0 saturated carbocycles. The van der Waals surface area contributed by atoms with Crippen molar-refractivity contribution in [1.29, 1.82) is 0 Å². The van der Waals surface area contributed by atoms with Crippen molar-refractivity contribution in [2.24, 2.45) is 5.73 Å². The molecule has 1 fully saturated rings. The van der Waals surface area contributed by atoms with Crippen molar-refractivity contribution in [2.45, 2.75) is 51.2 Å². The maximum atomic E-state index is 6.00. The zero-order chi connectivity index (χ0) is 8.43. The van der Waals surface area contributed by atoms with E-state index in [9.17, 15) is 0 Å². The van der Waals surface area contributed by atoms with Gasteiger partial charge in [-0.25, -0.2) is 0 Å². The average Bonchev–Trinajstić information content (AvgIpc) is 2.26. The molecule has 1 aliphatic heterocycles. The van der Waals surface area contributed by atoms with Gasteiger partial charge in [0, 0.05) is 18.1 Å². The topological polar surface area (TPSA) is 29.3 Å². The van der Waals surface area contributed by atoms with Gasteiger partial charge in [0.1, 0.15) is 0 Å². The van der Waals surface area contributed by atoms with Crippen LogP contribution in [0, 0.1) is 0 Å². The van der Waals surface area contributed by atoms with Crippen molar-refractivity contribution in [2.75, 3.05) is 7.05 Å². The van der Waals surface area contributed by atoms with Gasteiger partial charge in [0.05, 0.1) is 0 Å². The zero-order valence-electron chi connectivity index (χ0n) is 7.88. The van der Waals surface area contributed by atoms with Gasteiger partial charge in [0.15, 0.2) is 0 Å². The number of nitrogens with zero attached hydrogens (tertiary/aromatic N) is 1. The van der Waals surface area contributed by atoms with E-state index >= 15 is 0 Å². The summed E-state index contributed by atoms with van der Waals surface area (Å²) in [5.41, 5.74) is 6.00. The average molecular weight is 156 g/mol. The van der Waals surface area contributed by atoms with Crippen LogP contribution in [-0.4, -0.2) is 30.1 Å². The van der Waals surface area contributed by atoms with Crippen LogP contribution in [0.25, 0.3) is 0 Å². The molecule has 0 spiro atoms. The van der Waals surface area contributed by atoms with Crippen molar-refractivity contribution in [3.05, 3.63) is 0 Å². The molecule has 1 aliphatic rings. The van der Waals surface area contributed by atoms with E-state index in [0.717, 1.165) is 6.04 Å². The predicted molar refractivity (Wildman–Crippen MR) is 48.5 cm³/mol. The number of likely N-dealkylation sites (N-methyl/N-ethyl adjacent to an activating group) is 1. The largest absolute Gasteiger partial charge is 0.326 e. The molecule has 0 radical (unpaired) electrons. The van der Waals surface area contributed by atoms with E-state index in [-0.39, 0.29) is 0 Å².